The summed E-state index contributed by atoms with van der Waals surface area (Å²) in [5.74, 6) is -0.306. The van der Waals surface area contributed by atoms with Gasteiger partial charge in [0.05, 0.1) is 11.6 Å². The summed E-state index contributed by atoms with van der Waals surface area (Å²) in [6.45, 7) is 0. The van der Waals surface area contributed by atoms with Crippen molar-refractivity contribution in [1.29, 1.82) is 0 Å². The first-order valence-electron chi connectivity index (χ1n) is 7.51. The van der Waals surface area contributed by atoms with Gasteiger partial charge in [-0.15, -0.1) is 0 Å². The Morgan fingerprint density at radius 3 is 2.62 bits per heavy atom. The van der Waals surface area contributed by atoms with Gasteiger partial charge in [0.25, 0.3) is 5.70 Å². The Kier molecular flexibility index (Phi) is 2.72. The fourth-order valence-corrected chi connectivity index (χ4v) is 3.83. The summed E-state index contributed by atoms with van der Waals surface area (Å²) in [4.78, 5) is 25.3. The van der Waals surface area contributed by atoms with Crippen molar-refractivity contribution in [2.45, 2.75) is 44.2 Å². The summed E-state index contributed by atoms with van der Waals surface area (Å²) in [6.07, 6.45) is 4.36. The quantitative estimate of drug-likeness (QED) is 0.687. The molecule has 4 rings (SSSR count). The minimum atomic E-state index is -0.387. The van der Waals surface area contributed by atoms with Crippen LogP contribution in [0.25, 0.3) is 5.70 Å². The van der Waals surface area contributed by atoms with Crippen LogP contribution >= 0.6 is 0 Å². The van der Waals surface area contributed by atoms with Crippen molar-refractivity contribution in [2.75, 3.05) is 0 Å². The summed E-state index contributed by atoms with van der Waals surface area (Å²) in [6, 6.07) is 6.28. The third-order valence-electron chi connectivity index (χ3n) is 4.85. The molecule has 1 aromatic rings. The van der Waals surface area contributed by atoms with Crippen LogP contribution in [-0.4, -0.2) is 27.7 Å². The molecule has 1 aromatic carbocycles. The molecule has 1 fully saturated rings. The average molecular weight is 284 g/mol. The summed E-state index contributed by atoms with van der Waals surface area (Å²) in [7, 11) is 0. The molecule has 0 aromatic heterocycles. The van der Waals surface area contributed by atoms with Crippen LogP contribution in [0.15, 0.2) is 30.0 Å². The molecule has 2 aliphatic carbocycles. The molecule has 2 unspecified atom stereocenters. The summed E-state index contributed by atoms with van der Waals surface area (Å²) < 4.78 is 0.948. The standard InChI is InChI=1S/C16H16N2O3/c19-16-11-7-5-4-6-10(11)14-15(16)18(21)13-9-3-1-2-8-12(13)17(14)20/h4-7,12-13H,1-3,8-9H2. The van der Waals surface area contributed by atoms with Crippen LogP contribution in [0.5, 0.6) is 0 Å². The second kappa shape index (κ2) is 4.49. The fraction of sp³-hybridized carbons (Fsp3) is 0.438. The summed E-state index contributed by atoms with van der Waals surface area (Å²) >= 11 is 0. The molecule has 5 heteroatoms. The highest BCUT2D eigenvalue weighted by Crippen LogP contribution is 2.42. The van der Waals surface area contributed by atoms with E-state index >= 15 is 0 Å². The van der Waals surface area contributed by atoms with Gasteiger partial charge in [-0.1, -0.05) is 31.0 Å². The highest BCUT2D eigenvalue weighted by atomic mass is 16.5. The first-order valence-corrected chi connectivity index (χ1v) is 7.51. The molecule has 5 nitrogen and oxygen atoms in total. The number of allylic oxidation sites excluding steroid dienone is 1. The van der Waals surface area contributed by atoms with Crippen molar-refractivity contribution in [2.24, 2.45) is 0 Å². The van der Waals surface area contributed by atoms with Crippen molar-refractivity contribution < 1.29 is 9.55 Å². The molecule has 0 bridgehead atoms. The number of hydrogen-bond donors (Lipinski definition) is 0. The van der Waals surface area contributed by atoms with E-state index in [0.29, 0.717) is 17.5 Å². The van der Waals surface area contributed by atoms with E-state index in [2.05, 4.69) is 0 Å². The van der Waals surface area contributed by atoms with Gasteiger partial charge < -0.3 is 10.3 Å². The van der Waals surface area contributed by atoms with Crippen LogP contribution in [0.4, 0.5) is 0 Å². The lowest BCUT2D eigenvalue weighted by atomic mass is 9.98. The fourth-order valence-electron chi connectivity index (χ4n) is 3.83. The van der Waals surface area contributed by atoms with Gasteiger partial charge in [-0.25, -0.2) is 0 Å². The van der Waals surface area contributed by atoms with Gasteiger partial charge in [-0.3, -0.25) is 4.79 Å². The SMILES string of the molecule is O=C1C2=C(c3ccccc31)[N+](=O)C1CCCCCC1N2[O-]. The zero-order valence-corrected chi connectivity index (χ0v) is 11.6. The number of nitrogens with zero attached hydrogens (tertiary/aromatic N) is 2. The maximum Gasteiger partial charge on any atom is 0.290 e. The van der Waals surface area contributed by atoms with Crippen LogP contribution in [0.2, 0.25) is 0 Å². The third-order valence-corrected chi connectivity index (χ3v) is 4.85. The van der Waals surface area contributed by atoms with Gasteiger partial charge in [-0.05, 0) is 18.9 Å². The van der Waals surface area contributed by atoms with Crippen LogP contribution in [0, 0.1) is 10.1 Å². The van der Waals surface area contributed by atoms with E-state index in [1.54, 1.807) is 24.3 Å². The van der Waals surface area contributed by atoms with Crippen LogP contribution < -0.4 is 0 Å². The summed E-state index contributed by atoms with van der Waals surface area (Å²) in [5, 5.41) is 13.5. The van der Waals surface area contributed by atoms with Gasteiger partial charge >= 0.3 is 0 Å². The van der Waals surface area contributed by atoms with E-state index in [1.165, 1.54) is 0 Å². The molecule has 0 amide bonds. The molecule has 1 saturated carbocycles. The Bertz CT molecular complexity index is 680. The van der Waals surface area contributed by atoms with E-state index in [1.807, 2.05) is 0 Å². The zero-order valence-electron chi connectivity index (χ0n) is 11.6. The largest absolute Gasteiger partial charge is 0.758 e. The van der Waals surface area contributed by atoms with Crippen molar-refractivity contribution in [3.05, 3.63) is 51.2 Å². The molecular weight excluding hydrogens is 268 g/mol. The first-order chi connectivity index (χ1) is 10.2. The van der Waals surface area contributed by atoms with Gasteiger partial charge in [0.1, 0.15) is 0 Å². The zero-order chi connectivity index (χ0) is 14.6. The molecule has 1 heterocycles. The third kappa shape index (κ3) is 1.64. The Morgan fingerprint density at radius 2 is 1.81 bits per heavy atom. The number of hydrogen-bond acceptors (Lipinski definition) is 4. The molecule has 0 radical (unpaired) electrons. The number of fused-ring (bicyclic) bond motifs is 3. The van der Waals surface area contributed by atoms with Gasteiger partial charge in [0.15, 0.2) is 5.70 Å². The highest BCUT2D eigenvalue weighted by molar-refractivity contribution is 6.19. The number of carbonyl (C=O) groups excluding carboxylic acids is 1. The van der Waals surface area contributed by atoms with Crippen LogP contribution in [-0.2, 0) is 0 Å². The Balaban J connectivity index is 1.88. The normalized spacial score (nSPS) is 28.1. The Morgan fingerprint density at radius 1 is 1.10 bits per heavy atom. The smallest absolute Gasteiger partial charge is 0.290 e. The number of Topliss-reactive ketones (excluding diaryl/α,β-unsaturated/α-hetero) is 1. The molecule has 0 N–H and O–H groups in total. The summed E-state index contributed by atoms with van der Waals surface area (Å²) in [5.41, 5.74) is 1.42. The molecule has 108 valence electrons. The molecule has 2 atom stereocenters. The lowest BCUT2D eigenvalue weighted by Crippen LogP contribution is -2.49. The van der Waals surface area contributed by atoms with Crippen molar-refractivity contribution in [1.82, 2.24) is 5.06 Å². The van der Waals surface area contributed by atoms with Crippen molar-refractivity contribution in [3.63, 3.8) is 0 Å². The van der Waals surface area contributed by atoms with Crippen molar-refractivity contribution >= 4 is 11.5 Å². The van der Waals surface area contributed by atoms with Gasteiger partial charge in [0, 0.05) is 21.7 Å². The first kappa shape index (κ1) is 12.7. The number of benzene rings is 1. The molecule has 21 heavy (non-hydrogen) atoms. The average Bonchev–Trinajstić information content (AvgIpc) is 2.67. The number of nitroso groups, excluding NO2 is 1. The van der Waals surface area contributed by atoms with Crippen LogP contribution in [0.3, 0.4) is 0 Å². The van der Waals surface area contributed by atoms with E-state index < -0.39 is 0 Å². The minimum Gasteiger partial charge on any atom is -0.758 e. The van der Waals surface area contributed by atoms with Gasteiger partial charge in [0.2, 0.25) is 11.8 Å². The van der Waals surface area contributed by atoms with E-state index in [4.69, 9.17) is 0 Å². The second-order valence-electron chi connectivity index (χ2n) is 6.00. The lowest BCUT2D eigenvalue weighted by molar-refractivity contribution is -0.513. The Hall–Kier alpha value is -2.01. The topological polar surface area (TPSA) is 63.5 Å². The molecule has 0 spiro atoms. The number of hydroxylamine groups is 2. The Labute approximate surface area is 122 Å². The maximum absolute atomic E-state index is 12.8. The van der Waals surface area contributed by atoms with Gasteiger partial charge in [-0.2, -0.15) is 0 Å². The lowest BCUT2D eigenvalue weighted by Gasteiger charge is -2.41. The van der Waals surface area contributed by atoms with E-state index in [9.17, 15) is 14.9 Å². The molecular formula is C16H16N2O3. The predicted molar refractivity (Wildman–Crippen MR) is 77.2 cm³/mol. The van der Waals surface area contributed by atoms with Crippen LogP contribution in [0.1, 0.15) is 48.0 Å². The monoisotopic (exact) mass is 284 g/mol. The molecule has 0 saturated heterocycles. The maximum atomic E-state index is 12.8. The number of carbonyl (C=O) groups is 1. The number of rotatable bonds is 0. The second-order valence-corrected chi connectivity index (χ2v) is 6.00. The number of ketones is 1. The van der Waals surface area contributed by atoms with E-state index in [0.717, 1.165) is 35.5 Å². The highest BCUT2D eigenvalue weighted by Gasteiger charge is 2.51. The minimum absolute atomic E-state index is 0.0503. The van der Waals surface area contributed by atoms with E-state index in [-0.39, 0.29) is 29.3 Å². The van der Waals surface area contributed by atoms with Crippen molar-refractivity contribution in [3.8, 4) is 0 Å². The molecule has 3 aliphatic rings. The predicted octanol–water partition coefficient (Wildman–Crippen LogP) is 2.85. The molecule has 1 aliphatic heterocycles.